The molecule has 2 heterocycles. The Morgan fingerprint density at radius 3 is 2.38 bits per heavy atom. The van der Waals surface area contributed by atoms with Crippen LogP contribution in [0.2, 0.25) is 5.15 Å². The van der Waals surface area contributed by atoms with Gasteiger partial charge in [0.2, 0.25) is 5.91 Å². The lowest BCUT2D eigenvalue weighted by molar-refractivity contribution is -0.119. The van der Waals surface area contributed by atoms with Gasteiger partial charge in [-0.15, -0.1) is 16.9 Å². The first-order valence-corrected chi connectivity index (χ1v) is 11.4. The molecule has 2 amide bonds. The van der Waals surface area contributed by atoms with Crippen molar-refractivity contribution >= 4 is 58.0 Å². The summed E-state index contributed by atoms with van der Waals surface area (Å²) in [5.41, 5.74) is -0.307. The van der Waals surface area contributed by atoms with Gasteiger partial charge in [0, 0.05) is 23.1 Å². The smallest absolute Gasteiger partial charge is 0.435 e. The number of likely N-dealkylation sites (N-methyl/N-ethyl adjacent to an activating group) is 1. The predicted octanol–water partition coefficient (Wildman–Crippen LogP) is 4.43. The first-order chi connectivity index (χ1) is 14.7. The van der Waals surface area contributed by atoms with E-state index < -0.39 is 29.4 Å². The topological polar surface area (TPSA) is 103 Å². The van der Waals surface area contributed by atoms with E-state index in [0.717, 1.165) is 9.58 Å². The zero-order valence-corrected chi connectivity index (χ0v) is 20.7. The Kier molecular flexibility index (Phi) is 6.41. The summed E-state index contributed by atoms with van der Waals surface area (Å²) >= 11 is 7.67. The zero-order chi connectivity index (χ0) is 24.0. The molecular formula is C21H27ClN4O5S. The van der Waals surface area contributed by atoms with Gasteiger partial charge in [-0.3, -0.25) is 4.79 Å². The van der Waals surface area contributed by atoms with E-state index in [1.807, 2.05) is 0 Å². The van der Waals surface area contributed by atoms with Crippen molar-refractivity contribution in [3.8, 4) is 0 Å². The highest BCUT2D eigenvalue weighted by molar-refractivity contribution is 7.99. The lowest BCUT2D eigenvalue weighted by Gasteiger charge is -2.24. The SMILES string of the molecule is CN1C(=O)[C@@H](NC(=O)OC(C)(C)C)CSc2cc3c(cc21)c(Cl)nn3C(=O)OC(C)(C)C. The summed E-state index contributed by atoms with van der Waals surface area (Å²) in [5, 5.41) is 7.39. The van der Waals surface area contributed by atoms with Crippen LogP contribution in [-0.4, -0.2) is 57.9 Å². The number of thioether (sulfide) groups is 1. The van der Waals surface area contributed by atoms with Crippen LogP contribution in [0.4, 0.5) is 15.3 Å². The Bertz CT molecular complexity index is 1090. The van der Waals surface area contributed by atoms with E-state index in [0.29, 0.717) is 16.6 Å². The molecule has 1 aromatic heterocycles. The zero-order valence-electron chi connectivity index (χ0n) is 19.1. The van der Waals surface area contributed by atoms with Gasteiger partial charge in [0.1, 0.15) is 17.2 Å². The molecule has 32 heavy (non-hydrogen) atoms. The highest BCUT2D eigenvalue weighted by atomic mass is 35.5. The molecule has 1 aliphatic rings. The van der Waals surface area contributed by atoms with Gasteiger partial charge in [-0.2, -0.15) is 4.68 Å². The number of carbonyl (C=O) groups is 3. The second-order valence-corrected chi connectivity index (χ2v) is 10.8. The van der Waals surface area contributed by atoms with Crippen LogP contribution in [0.5, 0.6) is 0 Å². The molecule has 0 fully saturated rings. The van der Waals surface area contributed by atoms with Gasteiger partial charge >= 0.3 is 12.2 Å². The summed E-state index contributed by atoms with van der Waals surface area (Å²) in [4.78, 5) is 40.0. The fraction of sp³-hybridized carbons (Fsp3) is 0.524. The molecule has 1 aromatic carbocycles. The normalized spacial score (nSPS) is 17.1. The maximum absolute atomic E-state index is 13.0. The van der Waals surface area contributed by atoms with Crippen LogP contribution in [0, 0.1) is 0 Å². The number of ether oxygens (including phenoxy) is 2. The Labute approximate surface area is 195 Å². The summed E-state index contributed by atoms with van der Waals surface area (Å²) in [5.74, 6) is -0.00740. The van der Waals surface area contributed by atoms with E-state index in [1.165, 1.54) is 16.7 Å². The number of alkyl carbamates (subject to hydrolysis) is 1. The van der Waals surface area contributed by atoms with E-state index in [2.05, 4.69) is 10.4 Å². The van der Waals surface area contributed by atoms with Crippen molar-refractivity contribution in [2.75, 3.05) is 17.7 Å². The van der Waals surface area contributed by atoms with Crippen molar-refractivity contribution in [1.29, 1.82) is 0 Å². The molecule has 3 rings (SSSR count). The monoisotopic (exact) mass is 482 g/mol. The van der Waals surface area contributed by atoms with Crippen molar-refractivity contribution in [3.63, 3.8) is 0 Å². The largest absolute Gasteiger partial charge is 0.444 e. The standard InChI is InChI=1S/C21H27ClN4O5S/c1-20(2,3)30-18(28)23-12-10-32-15-9-13-11(8-14(15)25(7)17(12)27)16(22)24-26(13)19(29)31-21(4,5)6/h8-9,12H,10H2,1-7H3,(H,23,28)/t12-/m0/s1. The number of aromatic nitrogens is 2. The van der Waals surface area contributed by atoms with Crippen LogP contribution >= 0.6 is 23.4 Å². The van der Waals surface area contributed by atoms with Crippen LogP contribution in [-0.2, 0) is 14.3 Å². The van der Waals surface area contributed by atoms with E-state index in [-0.39, 0.29) is 16.8 Å². The van der Waals surface area contributed by atoms with Crippen molar-refractivity contribution < 1.29 is 23.9 Å². The number of halogens is 1. The maximum atomic E-state index is 13.0. The minimum Gasteiger partial charge on any atom is -0.444 e. The molecule has 0 unspecified atom stereocenters. The number of rotatable bonds is 1. The lowest BCUT2D eigenvalue weighted by atomic mass is 10.2. The minimum absolute atomic E-state index is 0.118. The quantitative estimate of drug-likeness (QED) is 0.641. The van der Waals surface area contributed by atoms with E-state index in [4.69, 9.17) is 21.1 Å². The first-order valence-electron chi connectivity index (χ1n) is 10.0. The molecule has 0 bridgehead atoms. The number of hydrogen-bond donors (Lipinski definition) is 1. The van der Waals surface area contributed by atoms with Crippen LogP contribution < -0.4 is 10.2 Å². The third kappa shape index (κ3) is 5.29. The van der Waals surface area contributed by atoms with Crippen LogP contribution in [0.15, 0.2) is 17.0 Å². The number of nitrogens with one attached hydrogen (secondary N) is 1. The van der Waals surface area contributed by atoms with Gasteiger partial charge in [-0.1, -0.05) is 11.6 Å². The average Bonchev–Trinajstić information content (AvgIpc) is 2.90. The predicted molar refractivity (Wildman–Crippen MR) is 124 cm³/mol. The van der Waals surface area contributed by atoms with Crippen molar-refractivity contribution in [2.45, 2.75) is 63.7 Å². The lowest BCUT2D eigenvalue weighted by Crippen LogP contribution is -2.49. The fourth-order valence-electron chi connectivity index (χ4n) is 3.07. The molecule has 1 atom stereocenters. The minimum atomic E-state index is -0.784. The van der Waals surface area contributed by atoms with Crippen molar-refractivity contribution in [3.05, 3.63) is 17.3 Å². The van der Waals surface area contributed by atoms with Gasteiger partial charge in [0.15, 0.2) is 5.15 Å². The Morgan fingerprint density at radius 1 is 1.16 bits per heavy atom. The highest BCUT2D eigenvalue weighted by Gasteiger charge is 2.32. The molecule has 0 spiro atoms. The molecule has 0 radical (unpaired) electrons. The summed E-state index contributed by atoms with van der Waals surface area (Å²) in [6.07, 6.45) is -1.31. The second-order valence-electron chi connectivity index (χ2n) is 9.43. The Balaban J connectivity index is 1.94. The molecule has 1 aliphatic heterocycles. The Morgan fingerprint density at radius 2 is 1.78 bits per heavy atom. The number of fused-ring (bicyclic) bond motifs is 2. The number of nitrogens with zero attached hydrogens (tertiary/aromatic N) is 3. The molecule has 0 saturated heterocycles. The van der Waals surface area contributed by atoms with Crippen LogP contribution in [0.1, 0.15) is 41.5 Å². The van der Waals surface area contributed by atoms with E-state index in [1.54, 1.807) is 60.7 Å². The highest BCUT2D eigenvalue weighted by Crippen LogP contribution is 2.39. The average molecular weight is 483 g/mol. The maximum Gasteiger partial charge on any atom is 0.435 e. The van der Waals surface area contributed by atoms with Crippen molar-refractivity contribution in [2.24, 2.45) is 0 Å². The molecule has 174 valence electrons. The molecule has 11 heteroatoms. The van der Waals surface area contributed by atoms with Gasteiger partial charge in [-0.25, -0.2) is 9.59 Å². The summed E-state index contributed by atoms with van der Waals surface area (Å²) in [6, 6.07) is 2.67. The van der Waals surface area contributed by atoms with Gasteiger partial charge < -0.3 is 19.7 Å². The fourth-order valence-corrected chi connectivity index (χ4v) is 4.40. The number of amides is 2. The first kappa shape index (κ1) is 24.2. The molecule has 1 N–H and O–H groups in total. The van der Waals surface area contributed by atoms with E-state index >= 15 is 0 Å². The second kappa shape index (κ2) is 8.47. The third-order valence-electron chi connectivity index (χ3n) is 4.37. The number of hydrogen-bond acceptors (Lipinski definition) is 7. The summed E-state index contributed by atoms with van der Waals surface area (Å²) in [7, 11) is 1.62. The molecule has 2 aromatic rings. The molecular weight excluding hydrogens is 456 g/mol. The third-order valence-corrected chi connectivity index (χ3v) is 5.79. The van der Waals surface area contributed by atoms with Gasteiger partial charge in [0.05, 0.1) is 11.2 Å². The Hall–Kier alpha value is -2.46. The molecule has 9 nitrogen and oxygen atoms in total. The van der Waals surface area contributed by atoms with Crippen LogP contribution in [0.3, 0.4) is 0 Å². The van der Waals surface area contributed by atoms with Gasteiger partial charge in [-0.05, 0) is 53.7 Å². The number of carbonyl (C=O) groups excluding carboxylic acids is 3. The molecule has 0 saturated carbocycles. The summed E-state index contributed by atoms with van der Waals surface area (Å²) < 4.78 is 11.8. The number of anilines is 1. The number of benzene rings is 1. The van der Waals surface area contributed by atoms with Crippen LogP contribution in [0.25, 0.3) is 10.9 Å². The van der Waals surface area contributed by atoms with Gasteiger partial charge in [0.25, 0.3) is 0 Å². The van der Waals surface area contributed by atoms with E-state index in [9.17, 15) is 14.4 Å². The van der Waals surface area contributed by atoms with Crippen molar-refractivity contribution in [1.82, 2.24) is 15.1 Å². The summed E-state index contributed by atoms with van der Waals surface area (Å²) in [6.45, 7) is 10.5. The molecule has 0 aliphatic carbocycles.